The third-order valence-electron chi connectivity index (χ3n) is 3.17. The molecule has 2 rings (SSSR count). The Balaban J connectivity index is 1.86. The molecule has 2 N–H and O–H groups in total. The summed E-state index contributed by atoms with van der Waals surface area (Å²) in [5.41, 5.74) is 8.68. The molecule has 0 saturated carbocycles. The summed E-state index contributed by atoms with van der Waals surface area (Å²) in [5.74, 6) is 2.25. The minimum atomic E-state index is 0.447. The molecule has 0 heterocycles. The van der Waals surface area contributed by atoms with Crippen molar-refractivity contribution in [1.82, 2.24) is 0 Å². The van der Waals surface area contributed by atoms with Crippen molar-refractivity contribution in [3.63, 3.8) is 0 Å². The molecular weight excluding hydrogens is 266 g/mol. The molecular formula is C17H21NO3. The van der Waals surface area contributed by atoms with E-state index in [1.807, 2.05) is 50.2 Å². The van der Waals surface area contributed by atoms with Gasteiger partial charge in [0, 0.05) is 5.69 Å². The Hall–Kier alpha value is -2.36. The normalized spacial score (nSPS) is 10.2. The van der Waals surface area contributed by atoms with Crippen LogP contribution in [-0.2, 0) is 0 Å². The van der Waals surface area contributed by atoms with Gasteiger partial charge < -0.3 is 19.9 Å². The van der Waals surface area contributed by atoms with Crippen LogP contribution in [0.3, 0.4) is 0 Å². The fraction of sp³-hybridized carbons (Fsp3) is 0.294. The van der Waals surface area contributed by atoms with Crippen molar-refractivity contribution < 1.29 is 14.2 Å². The maximum Gasteiger partial charge on any atom is 0.161 e. The largest absolute Gasteiger partial charge is 0.493 e. The Labute approximate surface area is 125 Å². The van der Waals surface area contributed by atoms with Crippen LogP contribution in [0.25, 0.3) is 0 Å². The van der Waals surface area contributed by atoms with Crippen molar-refractivity contribution in [2.45, 2.75) is 13.8 Å². The minimum absolute atomic E-state index is 0.447. The molecule has 0 bridgehead atoms. The summed E-state index contributed by atoms with van der Waals surface area (Å²) in [7, 11) is 1.63. The molecule has 0 saturated heterocycles. The fourth-order valence-corrected chi connectivity index (χ4v) is 1.94. The molecule has 2 aromatic rings. The van der Waals surface area contributed by atoms with Crippen molar-refractivity contribution >= 4 is 5.69 Å². The van der Waals surface area contributed by atoms with Crippen LogP contribution >= 0.6 is 0 Å². The molecule has 0 aromatic heterocycles. The first kappa shape index (κ1) is 15.0. The number of rotatable bonds is 6. The van der Waals surface area contributed by atoms with Crippen molar-refractivity contribution in [1.29, 1.82) is 0 Å². The lowest BCUT2D eigenvalue weighted by Gasteiger charge is -2.12. The fourth-order valence-electron chi connectivity index (χ4n) is 1.94. The lowest BCUT2D eigenvalue weighted by Crippen LogP contribution is -2.09. The van der Waals surface area contributed by atoms with Crippen molar-refractivity contribution in [2.75, 3.05) is 26.1 Å². The summed E-state index contributed by atoms with van der Waals surface area (Å²) in [5, 5.41) is 0. The third kappa shape index (κ3) is 4.05. The monoisotopic (exact) mass is 287 g/mol. The van der Waals surface area contributed by atoms with E-state index in [4.69, 9.17) is 19.9 Å². The van der Waals surface area contributed by atoms with Gasteiger partial charge in [0.25, 0.3) is 0 Å². The van der Waals surface area contributed by atoms with E-state index in [-0.39, 0.29) is 0 Å². The van der Waals surface area contributed by atoms with Crippen LogP contribution in [0.2, 0.25) is 0 Å². The van der Waals surface area contributed by atoms with Crippen molar-refractivity contribution in [3.05, 3.63) is 47.5 Å². The number of anilines is 1. The van der Waals surface area contributed by atoms with Gasteiger partial charge in [0.1, 0.15) is 19.0 Å². The maximum atomic E-state index is 5.77. The highest BCUT2D eigenvalue weighted by Crippen LogP contribution is 2.27. The number of hydrogen-bond acceptors (Lipinski definition) is 4. The van der Waals surface area contributed by atoms with Crippen LogP contribution in [0, 0.1) is 13.8 Å². The summed E-state index contributed by atoms with van der Waals surface area (Å²) in [6.45, 7) is 4.87. The van der Waals surface area contributed by atoms with Gasteiger partial charge in [-0.25, -0.2) is 0 Å². The van der Waals surface area contributed by atoms with Crippen LogP contribution in [-0.4, -0.2) is 20.3 Å². The molecule has 21 heavy (non-hydrogen) atoms. The lowest BCUT2D eigenvalue weighted by molar-refractivity contribution is 0.211. The number of nitrogen functional groups attached to an aromatic ring is 1. The predicted molar refractivity (Wildman–Crippen MR) is 84.3 cm³/mol. The number of hydrogen-bond donors (Lipinski definition) is 1. The Kier molecular flexibility index (Phi) is 4.93. The average Bonchev–Trinajstić information content (AvgIpc) is 2.48. The van der Waals surface area contributed by atoms with Crippen LogP contribution in [0.5, 0.6) is 17.2 Å². The van der Waals surface area contributed by atoms with Gasteiger partial charge in [-0.15, -0.1) is 0 Å². The second-order valence-electron chi connectivity index (χ2n) is 4.87. The first-order valence-corrected chi connectivity index (χ1v) is 6.86. The lowest BCUT2D eigenvalue weighted by atomic mass is 10.2. The number of nitrogens with two attached hydrogens (primary N) is 1. The molecule has 112 valence electrons. The molecule has 0 aliphatic heterocycles. The van der Waals surface area contributed by atoms with E-state index in [1.54, 1.807) is 7.11 Å². The maximum absolute atomic E-state index is 5.77. The van der Waals surface area contributed by atoms with Gasteiger partial charge in [-0.1, -0.05) is 6.07 Å². The molecule has 0 fully saturated rings. The van der Waals surface area contributed by atoms with E-state index in [1.165, 1.54) is 0 Å². The first-order chi connectivity index (χ1) is 10.1. The molecule has 0 atom stereocenters. The van der Waals surface area contributed by atoms with Crippen molar-refractivity contribution in [2.24, 2.45) is 0 Å². The minimum Gasteiger partial charge on any atom is -0.493 e. The summed E-state index contributed by atoms with van der Waals surface area (Å²) in [4.78, 5) is 0. The van der Waals surface area contributed by atoms with Gasteiger partial charge >= 0.3 is 0 Å². The van der Waals surface area contributed by atoms with Crippen LogP contribution in [0.1, 0.15) is 11.1 Å². The van der Waals surface area contributed by atoms with Crippen LogP contribution in [0.15, 0.2) is 36.4 Å². The van der Waals surface area contributed by atoms with Crippen molar-refractivity contribution in [3.8, 4) is 17.2 Å². The van der Waals surface area contributed by atoms with E-state index in [0.717, 1.165) is 34.1 Å². The number of aryl methyl sites for hydroxylation is 2. The number of ether oxygens (including phenoxy) is 3. The zero-order chi connectivity index (χ0) is 15.2. The van der Waals surface area contributed by atoms with E-state index >= 15 is 0 Å². The third-order valence-corrected chi connectivity index (χ3v) is 3.17. The smallest absolute Gasteiger partial charge is 0.161 e. The number of benzene rings is 2. The van der Waals surface area contributed by atoms with Gasteiger partial charge in [-0.2, -0.15) is 0 Å². The standard InChI is InChI=1S/C17H21NO3/c1-12-4-7-16(17(10-12)19-3)21-9-8-20-14-5-6-15(18)13(2)11-14/h4-7,10-11H,8-9,18H2,1-3H3. The van der Waals surface area contributed by atoms with E-state index in [2.05, 4.69) is 0 Å². The van der Waals surface area contributed by atoms with Gasteiger partial charge in [0.15, 0.2) is 11.5 Å². The average molecular weight is 287 g/mol. The SMILES string of the molecule is COc1cc(C)ccc1OCCOc1ccc(N)c(C)c1. The Bertz CT molecular complexity index is 611. The highest BCUT2D eigenvalue weighted by atomic mass is 16.5. The molecule has 0 aliphatic carbocycles. The van der Waals surface area contributed by atoms with Gasteiger partial charge in [-0.3, -0.25) is 0 Å². The predicted octanol–water partition coefficient (Wildman–Crippen LogP) is 3.35. The van der Waals surface area contributed by atoms with E-state index < -0.39 is 0 Å². The van der Waals surface area contributed by atoms with Gasteiger partial charge in [-0.05, 0) is 55.3 Å². The van der Waals surface area contributed by atoms with E-state index in [9.17, 15) is 0 Å². The summed E-state index contributed by atoms with van der Waals surface area (Å²) in [6.07, 6.45) is 0. The first-order valence-electron chi connectivity index (χ1n) is 6.86. The summed E-state index contributed by atoms with van der Waals surface area (Å²) >= 11 is 0. The Morgan fingerprint density at radius 1 is 0.905 bits per heavy atom. The topological polar surface area (TPSA) is 53.7 Å². The molecule has 0 spiro atoms. The zero-order valence-electron chi connectivity index (χ0n) is 12.7. The van der Waals surface area contributed by atoms with E-state index in [0.29, 0.717) is 13.2 Å². The summed E-state index contributed by atoms with van der Waals surface area (Å²) < 4.78 is 16.6. The summed E-state index contributed by atoms with van der Waals surface area (Å²) in [6, 6.07) is 11.5. The zero-order valence-corrected chi connectivity index (χ0v) is 12.7. The van der Waals surface area contributed by atoms with Crippen LogP contribution in [0.4, 0.5) is 5.69 Å². The quantitative estimate of drug-likeness (QED) is 0.654. The molecule has 0 unspecified atom stereocenters. The molecule has 0 aliphatic rings. The Morgan fingerprint density at radius 2 is 1.67 bits per heavy atom. The highest BCUT2D eigenvalue weighted by molar-refractivity contribution is 5.49. The van der Waals surface area contributed by atoms with Gasteiger partial charge in [0.2, 0.25) is 0 Å². The Morgan fingerprint density at radius 3 is 2.38 bits per heavy atom. The van der Waals surface area contributed by atoms with Gasteiger partial charge in [0.05, 0.1) is 7.11 Å². The second-order valence-corrected chi connectivity index (χ2v) is 4.87. The molecule has 2 aromatic carbocycles. The molecule has 0 radical (unpaired) electrons. The van der Waals surface area contributed by atoms with Crippen LogP contribution < -0.4 is 19.9 Å². The second kappa shape index (κ2) is 6.88. The highest BCUT2D eigenvalue weighted by Gasteiger charge is 2.04. The number of methoxy groups -OCH3 is 1. The molecule has 4 nitrogen and oxygen atoms in total. The molecule has 4 heteroatoms. The molecule has 0 amide bonds.